The van der Waals surface area contributed by atoms with Gasteiger partial charge >= 0.3 is 0 Å². The summed E-state index contributed by atoms with van der Waals surface area (Å²) in [6, 6.07) is 11.3. The fourth-order valence-corrected chi connectivity index (χ4v) is 2.80. The molecule has 0 saturated carbocycles. The van der Waals surface area contributed by atoms with Crippen LogP contribution in [0.2, 0.25) is 5.02 Å². The van der Waals surface area contributed by atoms with Gasteiger partial charge in [0.1, 0.15) is 5.69 Å². The summed E-state index contributed by atoms with van der Waals surface area (Å²) < 4.78 is 0. The average Bonchev–Trinajstić information content (AvgIpc) is 3.18. The maximum absolute atomic E-state index is 10.1. The Hall–Kier alpha value is -3.12. The number of fused-ring (bicyclic) bond motifs is 1. The van der Waals surface area contributed by atoms with Gasteiger partial charge in [0.05, 0.1) is 0 Å². The van der Waals surface area contributed by atoms with E-state index >= 15 is 0 Å². The summed E-state index contributed by atoms with van der Waals surface area (Å²) in [7, 11) is 0. The minimum absolute atomic E-state index is 0.0770. The van der Waals surface area contributed by atoms with Gasteiger partial charge in [-0.1, -0.05) is 23.7 Å². The third-order valence-corrected chi connectivity index (χ3v) is 4.02. The monoisotopic (exact) mass is 351 g/mol. The van der Waals surface area contributed by atoms with Gasteiger partial charge in [-0.25, -0.2) is 9.98 Å². The van der Waals surface area contributed by atoms with Crippen LogP contribution in [0.5, 0.6) is 5.88 Å². The molecule has 3 aromatic rings. The molecule has 124 valence electrons. The zero-order chi connectivity index (χ0) is 17.2. The lowest BCUT2D eigenvalue weighted by Gasteiger charge is -2.03. The van der Waals surface area contributed by atoms with Gasteiger partial charge in [0.15, 0.2) is 5.82 Å². The van der Waals surface area contributed by atoms with Crippen molar-refractivity contribution in [1.29, 1.82) is 0 Å². The molecule has 0 unspecified atom stereocenters. The maximum atomic E-state index is 10.1. The van der Waals surface area contributed by atoms with E-state index in [4.69, 9.17) is 11.6 Å². The summed E-state index contributed by atoms with van der Waals surface area (Å²) in [6.45, 7) is 0.539. The molecule has 25 heavy (non-hydrogen) atoms. The van der Waals surface area contributed by atoms with E-state index < -0.39 is 0 Å². The van der Waals surface area contributed by atoms with Crippen LogP contribution in [0, 0.1) is 0 Å². The van der Waals surface area contributed by atoms with Gasteiger partial charge in [0, 0.05) is 35.1 Å². The number of rotatable bonds is 4. The number of aromatic amines is 1. The molecule has 0 saturated heterocycles. The minimum atomic E-state index is -0.0770. The van der Waals surface area contributed by atoms with Crippen molar-refractivity contribution in [3.63, 3.8) is 0 Å². The summed E-state index contributed by atoms with van der Waals surface area (Å²) in [6.07, 6.45) is 5.21. The minimum Gasteiger partial charge on any atom is -0.492 e. The van der Waals surface area contributed by atoms with Crippen LogP contribution in [-0.2, 0) is 6.54 Å². The Morgan fingerprint density at radius 1 is 1.24 bits per heavy atom. The molecule has 3 heterocycles. The summed E-state index contributed by atoms with van der Waals surface area (Å²) in [5, 5.41) is 13.9. The van der Waals surface area contributed by atoms with E-state index in [0.29, 0.717) is 29.0 Å². The Bertz CT molecular complexity index is 993. The highest BCUT2D eigenvalue weighted by molar-refractivity contribution is 6.30. The second-order valence-corrected chi connectivity index (χ2v) is 5.98. The number of hydrogen-bond acceptors (Lipinski definition) is 5. The molecule has 4 rings (SSSR count). The van der Waals surface area contributed by atoms with Gasteiger partial charge in [-0.2, -0.15) is 4.98 Å². The molecule has 0 atom stereocenters. The topological polar surface area (TPSA) is 86.2 Å². The lowest BCUT2D eigenvalue weighted by Crippen LogP contribution is -2.00. The van der Waals surface area contributed by atoms with Crippen molar-refractivity contribution in [2.75, 3.05) is 5.32 Å². The zero-order valence-electron chi connectivity index (χ0n) is 13.1. The first-order chi connectivity index (χ1) is 12.2. The van der Waals surface area contributed by atoms with Gasteiger partial charge in [-0.3, -0.25) is 0 Å². The third-order valence-electron chi connectivity index (χ3n) is 3.78. The summed E-state index contributed by atoms with van der Waals surface area (Å²) in [5.74, 6) is 1.07. The Kier molecular flexibility index (Phi) is 3.95. The second kappa shape index (κ2) is 6.41. The number of imidazole rings is 1. The molecule has 0 amide bonds. The van der Waals surface area contributed by atoms with E-state index in [1.807, 2.05) is 36.4 Å². The molecule has 3 N–H and O–H groups in total. The molecule has 0 radical (unpaired) electrons. The summed E-state index contributed by atoms with van der Waals surface area (Å²) >= 11 is 5.98. The normalized spacial score (nSPS) is 14.0. The molecule has 0 spiro atoms. The highest BCUT2D eigenvalue weighted by Crippen LogP contribution is 2.31. The Labute approximate surface area is 149 Å². The smallest absolute Gasteiger partial charge is 0.238 e. The van der Waals surface area contributed by atoms with E-state index in [2.05, 4.69) is 25.3 Å². The van der Waals surface area contributed by atoms with Crippen LogP contribution in [0.3, 0.4) is 0 Å². The Morgan fingerprint density at radius 3 is 3.04 bits per heavy atom. The van der Waals surface area contributed by atoms with Crippen LogP contribution in [0.4, 0.5) is 11.8 Å². The fourth-order valence-electron chi connectivity index (χ4n) is 2.59. The van der Waals surface area contributed by atoms with Crippen LogP contribution >= 0.6 is 11.6 Å². The average molecular weight is 352 g/mol. The highest BCUT2D eigenvalue weighted by Gasteiger charge is 2.14. The van der Waals surface area contributed by atoms with Crippen LogP contribution in [0.1, 0.15) is 16.8 Å². The van der Waals surface area contributed by atoms with Crippen molar-refractivity contribution in [1.82, 2.24) is 15.0 Å². The largest absolute Gasteiger partial charge is 0.492 e. The molecule has 1 aliphatic rings. The Balaban J connectivity index is 1.53. The predicted molar refractivity (Wildman–Crippen MR) is 99.3 cm³/mol. The van der Waals surface area contributed by atoms with Gasteiger partial charge in [-0.15, -0.1) is 0 Å². The number of aromatic nitrogens is 3. The first kappa shape index (κ1) is 15.4. The first-order valence-corrected chi connectivity index (χ1v) is 8.05. The van der Waals surface area contributed by atoms with Crippen molar-refractivity contribution < 1.29 is 5.11 Å². The number of benzene rings is 1. The number of H-pyrrole nitrogens is 1. The van der Waals surface area contributed by atoms with Gasteiger partial charge in [0.2, 0.25) is 11.8 Å². The zero-order valence-corrected chi connectivity index (χ0v) is 13.8. The lowest BCUT2D eigenvalue weighted by molar-refractivity contribution is 0.455. The van der Waals surface area contributed by atoms with Crippen molar-refractivity contribution in [2.45, 2.75) is 6.54 Å². The van der Waals surface area contributed by atoms with Gasteiger partial charge in [-0.05, 0) is 35.9 Å². The summed E-state index contributed by atoms with van der Waals surface area (Å²) in [4.78, 5) is 15.6. The molecule has 0 bridgehead atoms. The highest BCUT2D eigenvalue weighted by atomic mass is 35.5. The van der Waals surface area contributed by atoms with Crippen molar-refractivity contribution in [3.8, 4) is 5.88 Å². The molecular weight excluding hydrogens is 338 g/mol. The fraction of sp³-hybridized carbons (Fsp3) is 0.0556. The van der Waals surface area contributed by atoms with E-state index in [1.165, 1.54) is 0 Å². The lowest BCUT2D eigenvalue weighted by atomic mass is 10.1. The molecule has 2 aromatic heterocycles. The van der Waals surface area contributed by atoms with E-state index in [9.17, 15) is 5.11 Å². The standard InChI is InChI=1S/C18H14ClN5O/c19-13-4-1-3-11(7-13)9-22-18-23-15(17(25)24-18)8-12-10-21-16-14(12)5-2-6-20-16/h1-8,10,25H,9H2,(H2,22,23,24). The molecule has 1 aliphatic heterocycles. The third kappa shape index (κ3) is 3.25. The molecule has 6 nitrogen and oxygen atoms in total. The molecule has 1 aromatic carbocycles. The second-order valence-electron chi connectivity index (χ2n) is 5.54. The molecule has 0 aliphatic carbocycles. The SMILES string of the molecule is Oc1nc(NCc2cccc(Cl)c2)[nH]c1C=C1C=Nc2ncccc21. The molecule has 0 fully saturated rings. The van der Waals surface area contributed by atoms with Crippen molar-refractivity contribution in [3.05, 3.63) is 64.4 Å². The molecule has 7 heteroatoms. The van der Waals surface area contributed by atoms with E-state index in [1.54, 1.807) is 18.5 Å². The Morgan fingerprint density at radius 2 is 2.16 bits per heavy atom. The van der Waals surface area contributed by atoms with Gasteiger partial charge < -0.3 is 15.4 Å². The number of halogens is 1. The van der Waals surface area contributed by atoms with Crippen LogP contribution in [0.15, 0.2) is 47.6 Å². The van der Waals surface area contributed by atoms with Crippen LogP contribution in [-0.4, -0.2) is 26.3 Å². The van der Waals surface area contributed by atoms with E-state index in [-0.39, 0.29) is 5.88 Å². The van der Waals surface area contributed by atoms with Crippen LogP contribution < -0.4 is 5.32 Å². The predicted octanol–water partition coefficient (Wildman–Crippen LogP) is 4.03. The quantitative estimate of drug-likeness (QED) is 0.662. The number of nitrogens with one attached hydrogen (secondary N) is 2. The number of hydrogen-bond donors (Lipinski definition) is 3. The number of nitrogens with zero attached hydrogens (tertiary/aromatic N) is 3. The number of aromatic hydroxyl groups is 1. The van der Waals surface area contributed by atoms with Crippen molar-refractivity contribution in [2.24, 2.45) is 4.99 Å². The van der Waals surface area contributed by atoms with Crippen LogP contribution in [0.25, 0.3) is 11.6 Å². The summed E-state index contributed by atoms with van der Waals surface area (Å²) in [5.41, 5.74) is 3.31. The maximum Gasteiger partial charge on any atom is 0.238 e. The number of aliphatic imine (C=N–C) groups is 1. The van der Waals surface area contributed by atoms with E-state index in [0.717, 1.165) is 16.7 Å². The number of anilines is 1. The van der Waals surface area contributed by atoms with Crippen molar-refractivity contribution >= 4 is 41.2 Å². The number of allylic oxidation sites excluding steroid dienone is 1. The molecular formula is C18H14ClN5O. The number of pyridine rings is 1. The van der Waals surface area contributed by atoms with Gasteiger partial charge in [0.25, 0.3) is 0 Å². The first-order valence-electron chi connectivity index (χ1n) is 7.67.